The molecule has 0 aliphatic heterocycles. The first-order chi connectivity index (χ1) is 7.01. The van der Waals surface area contributed by atoms with E-state index in [2.05, 4.69) is 22.5 Å². The Hall–Kier alpha value is -0.800. The lowest BCUT2D eigenvalue weighted by Gasteiger charge is -2.14. The maximum absolute atomic E-state index is 5.12. The number of benzene rings is 1. The highest BCUT2D eigenvalue weighted by Crippen LogP contribution is 2.18. The maximum atomic E-state index is 5.12. The lowest BCUT2D eigenvalue weighted by atomic mass is 10.2. The number of alkyl halides is 1. The van der Waals surface area contributed by atoms with Gasteiger partial charge in [-0.15, -0.1) is 0 Å². The maximum Gasteiger partial charge on any atom is 0.165 e. The molecule has 1 rings (SSSR count). The lowest BCUT2D eigenvalue weighted by Crippen LogP contribution is -2.19. The van der Waals surface area contributed by atoms with Crippen LogP contribution in [0.3, 0.4) is 0 Å². The van der Waals surface area contributed by atoms with E-state index >= 15 is 0 Å². The quantitative estimate of drug-likeness (QED) is 0.460. The third-order valence-corrected chi connectivity index (χ3v) is 1.90. The van der Waals surface area contributed by atoms with Gasteiger partial charge in [0.15, 0.2) is 5.75 Å². The minimum atomic E-state index is -0.0753. The van der Waals surface area contributed by atoms with Gasteiger partial charge < -0.3 is 4.89 Å². The molecule has 1 aromatic carbocycles. The summed E-state index contributed by atoms with van der Waals surface area (Å²) in [6.45, 7) is 8.18. The van der Waals surface area contributed by atoms with Crippen molar-refractivity contribution < 1.29 is 9.78 Å². The van der Waals surface area contributed by atoms with Crippen molar-refractivity contribution in [2.45, 2.75) is 18.2 Å². The number of rotatable bonds is 5. The SMILES string of the molecule is C=Cc1ccc(OOCC(C)(C)Br)cc1. The molecule has 2 nitrogen and oxygen atoms in total. The summed E-state index contributed by atoms with van der Waals surface area (Å²) in [6.07, 6.45) is 1.78. The van der Waals surface area contributed by atoms with E-state index in [9.17, 15) is 0 Å². The minimum Gasteiger partial charge on any atom is -0.338 e. The van der Waals surface area contributed by atoms with Crippen LogP contribution in [0.2, 0.25) is 0 Å². The lowest BCUT2D eigenvalue weighted by molar-refractivity contribution is -0.210. The third kappa shape index (κ3) is 5.00. The molecule has 0 radical (unpaired) electrons. The summed E-state index contributed by atoms with van der Waals surface area (Å²) < 4.78 is -0.0753. The first kappa shape index (κ1) is 12.3. The molecule has 0 aromatic heterocycles. The van der Waals surface area contributed by atoms with E-state index < -0.39 is 0 Å². The van der Waals surface area contributed by atoms with Gasteiger partial charge in [0.05, 0.1) is 0 Å². The van der Waals surface area contributed by atoms with Crippen LogP contribution in [-0.2, 0) is 4.89 Å². The second-order valence-corrected chi connectivity index (χ2v) is 5.98. The summed E-state index contributed by atoms with van der Waals surface area (Å²) in [4.78, 5) is 10.2. The van der Waals surface area contributed by atoms with Crippen LogP contribution in [0.5, 0.6) is 5.75 Å². The summed E-state index contributed by atoms with van der Waals surface area (Å²) in [5.41, 5.74) is 1.06. The molecule has 0 atom stereocenters. The smallest absolute Gasteiger partial charge is 0.165 e. The van der Waals surface area contributed by atoms with Crippen molar-refractivity contribution in [3.8, 4) is 5.75 Å². The van der Waals surface area contributed by atoms with Crippen LogP contribution in [0.25, 0.3) is 6.08 Å². The summed E-state index contributed by atoms with van der Waals surface area (Å²) in [6, 6.07) is 7.53. The monoisotopic (exact) mass is 270 g/mol. The standard InChI is InChI=1S/C12H15BrO2/c1-4-10-5-7-11(8-6-10)15-14-9-12(2,3)13/h4-8H,1,9H2,2-3H3. The van der Waals surface area contributed by atoms with Gasteiger partial charge in [-0.1, -0.05) is 40.7 Å². The van der Waals surface area contributed by atoms with Crippen LogP contribution >= 0.6 is 15.9 Å². The molecule has 1 aromatic rings. The van der Waals surface area contributed by atoms with Crippen molar-refractivity contribution >= 4 is 22.0 Å². The fraction of sp³-hybridized carbons (Fsp3) is 0.333. The zero-order chi connectivity index (χ0) is 11.3. The Labute approximate surface area is 99.0 Å². The summed E-state index contributed by atoms with van der Waals surface area (Å²) >= 11 is 3.46. The molecule has 0 amide bonds. The Morgan fingerprint density at radius 3 is 2.40 bits per heavy atom. The molecule has 0 unspecified atom stereocenters. The first-order valence-corrected chi connectivity index (χ1v) is 5.51. The molecular weight excluding hydrogens is 256 g/mol. The van der Waals surface area contributed by atoms with E-state index in [1.165, 1.54) is 0 Å². The molecule has 0 heterocycles. The van der Waals surface area contributed by atoms with Crippen LogP contribution in [0.15, 0.2) is 30.8 Å². The highest BCUT2D eigenvalue weighted by molar-refractivity contribution is 9.10. The fourth-order valence-corrected chi connectivity index (χ4v) is 0.991. The largest absolute Gasteiger partial charge is 0.338 e. The summed E-state index contributed by atoms with van der Waals surface area (Å²) in [7, 11) is 0. The van der Waals surface area contributed by atoms with Crippen molar-refractivity contribution in [2.75, 3.05) is 6.61 Å². The van der Waals surface area contributed by atoms with Crippen molar-refractivity contribution in [1.29, 1.82) is 0 Å². The molecule has 0 bridgehead atoms. The Balaban J connectivity index is 2.41. The number of hydrogen-bond acceptors (Lipinski definition) is 2. The predicted molar refractivity (Wildman–Crippen MR) is 66.1 cm³/mol. The molecule has 0 saturated carbocycles. The van der Waals surface area contributed by atoms with Gasteiger partial charge >= 0.3 is 0 Å². The van der Waals surface area contributed by atoms with E-state index in [1.54, 1.807) is 6.08 Å². The van der Waals surface area contributed by atoms with Gasteiger partial charge in [0.25, 0.3) is 0 Å². The molecule has 0 aliphatic carbocycles. The average Bonchev–Trinajstić information content (AvgIpc) is 2.17. The Morgan fingerprint density at radius 2 is 1.93 bits per heavy atom. The van der Waals surface area contributed by atoms with Gasteiger partial charge in [-0.2, -0.15) is 4.89 Å². The molecule has 0 spiro atoms. The van der Waals surface area contributed by atoms with Gasteiger partial charge in [-0.05, 0) is 31.5 Å². The average molecular weight is 271 g/mol. The van der Waals surface area contributed by atoms with Gasteiger partial charge in [-0.25, -0.2) is 0 Å². The third-order valence-electron chi connectivity index (χ3n) is 1.67. The zero-order valence-corrected chi connectivity index (χ0v) is 10.6. The Kier molecular flexibility index (Phi) is 4.36. The Bertz CT molecular complexity index is 311. The highest BCUT2D eigenvalue weighted by atomic mass is 79.9. The van der Waals surface area contributed by atoms with E-state index in [0.717, 1.165) is 5.56 Å². The van der Waals surface area contributed by atoms with Gasteiger partial charge in [0.2, 0.25) is 0 Å². The van der Waals surface area contributed by atoms with Crippen LogP contribution < -0.4 is 4.89 Å². The van der Waals surface area contributed by atoms with E-state index in [1.807, 2.05) is 38.1 Å². The summed E-state index contributed by atoms with van der Waals surface area (Å²) in [5, 5.41) is 0. The number of halogens is 1. The van der Waals surface area contributed by atoms with Gasteiger partial charge in [0.1, 0.15) is 6.61 Å². The van der Waals surface area contributed by atoms with Crippen LogP contribution in [-0.4, -0.2) is 10.9 Å². The number of hydrogen-bond donors (Lipinski definition) is 0. The van der Waals surface area contributed by atoms with Gasteiger partial charge in [0, 0.05) is 4.32 Å². The molecule has 0 fully saturated rings. The van der Waals surface area contributed by atoms with Crippen LogP contribution in [0, 0.1) is 0 Å². The highest BCUT2D eigenvalue weighted by Gasteiger charge is 2.13. The van der Waals surface area contributed by atoms with E-state index in [4.69, 9.17) is 9.78 Å². The molecule has 0 aliphatic rings. The van der Waals surface area contributed by atoms with Crippen LogP contribution in [0.1, 0.15) is 19.4 Å². The fourth-order valence-electron chi connectivity index (χ4n) is 0.897. The van der Waals surface area contributed by atoms with E-state index in [0.29, 0.717) is 12.4 Å². The predicted octanol–water partition coefficient (Wildman–Crippen LogP) is 3.81. The zero-order valence-electron chi connectivity index (χ0n) is 9.00. The van der Waals surface area contributed by atoms with Crippen molar-refractivity contribution in [2.24, 2.45) is 0 Å². The van der Waals surface area contributed by atoms with Crippen molar-refractivity contribution in [1.82, 2.24) is 0 Å². The normalized spacial score (nSPS) is 11.1. The second-order valence-electron chi connectivity index (χ2n) is 3.84. The Morgan fingerprint density at radius 1 is 1.33 bits per heavy atom. The topological polar surface area (TPSA) is 18.5 Å². The molecule has 0 saturated heterocycles. The van der Waals surface area contributed by atoms with Crippen LogP contribution in [0.4, 0.5) is 0 Å². The second kappa shape index (κ2) is 5.33. The summed E-state index contributed by atoms with van der Waals surface area (Å²) in [5.74, 6) is 0.692. The van der Waals surface area contributed by atoms with Crippen molar-refractivity contribution in [3.05, 3.63) is 36.4 Å². The van der Waals surface area contributed by atoms with E-state index in [-0.39, 0.29) is 4.32 Å². The first-order valence-electron chi connectivity index (χ1n) is 4.72. The molecule has 0 N–H and O–H groups in total. The molecule has 15 heavy (non-hydrogen) atoms. The molecular formula is C12H15BrO2. The molecule has 82 valence electrons. The van der Waals surface area contributed by atoms with Crippen molar-refractivity contribution in [3.63, 3.8) is 0 Å². The molecule has 3 heteroatoms. The van der Waals surface area contributed by atoms with Gasteiger partial charge in [-0.3, -0.25) is 0 Å². The minimum absolute atomic E-state index is 0.0753.